The Kier molecular flexibility index (Phi) is 19.4. The minimum absolute atomic E-state index is 0.338. The van der Waals surface area contributed by atoms with E-state index in [4.69, 9.17) is 5.11 Å². The third kappa shape index (κ3) is 17.0. The molecule has 0 bridgehead atoms. The zero-order chi connectivity index (χ0) is 24.2. The number of benzene rings is 2. The Morgan fingerprint density at radius 3 is 2.10 bits per heavy atom. The molecule has 31 heavy (non-hydrogen) atoms. The molecule has 1 unspecified atom stereocenters. The Hall–Kier alpha value is -2.42. The highest BCUT2D eigenvalue weighted by Gasteiger charge is 2.02. The molecular weight excluding hydrogens is 382 g/mol. The molecular formula is C28H45NO2. The van der Waals surface area contributed by atoms with Crippen molar-refractivity contribution in [3.05, 3.63) is 59.2 Å². The van der Waals surface area contributed by atoms with Crippen molar-refractivity contribution in [1.82, 2.24) is 0 Å². The zero-order valence-electron chi connectivity index (χ0n) is 21.3. The molecule has 0 amide bonds. The lowest BCUT2D eigenvalue weighted by Gasteiger charge is -2.11. The van der Waals surface area contributed by atoms with Gasteiger partial charge in [-0.05, 0) is 68.4 Å². The molecule has 3 nitrogen and oxygen atoms in total. The first-order valence-electron chi connectivity index (χ1n) is 11.5. The number of carbonyl (C=O) groups is 1. The first-order chi connectivity index (χ1) is 14.7. The van der Waals surface area contributed by atoms with Gasteiger partial charge in [-0.15, -0.1) is 0 Å². The summed E-state index contributed by atoms with van der Waals surface area (Å²) in [5.41, 5.74) is 3.70. The van der Waals surface area contributed by atoms with Gasteiger partial charge >= 0.3 is 0 Å². The van der Waals surface area contributed by atoms with E-state index in [9.17, 15) is 4.79 Å². The van der Waals surface area contributed by atoms with Crippen molar-refractivity contribution < 1.29 is 9.90 Å². The van der Waals surface area contributed by atoms with Crippen LogP contribution in [0, 0.1) is 25.7 Å². The van der Waals surface area contributed by atoms with Crippen LogP contribution in [0.3, 0.4) is 0 Å². The first-order valence-corrected chi connectivity index (χ1v) is 11.5. The number of aryl methyl sites for hydroxylation is 2. The van der Waals surface area contributed by atoms with E-state index in [-0.39, 0.29) is 0 Å². The van der Waals surface area contributed by atoms with E-state index in [1.54, 1.807) is 30.5 Å². The van der Waals surface area contributed by atoms with Crippen molar-refractivity contribution in [1.29, 1.82) is 0 Å². The minimum Gasteiger partial charge on any atom is -0.508 e. The van der Waals surface area contributed by atoms with Gasteiger partial charge in [0.2, 0.25) is 0 Å². The van der Waals surface area contributed by atoms with E-state index in [2.05, 4.69) is 32.7 Å². The number of hydrogen-bond donors (Lipinski definition) is 1. The molecule has 0 saturated carbocycles. The van der Waals surface area contributed by atoms with Gasteiger partial charge in [0.25, 0.3) is 0 Å². The molecule has 2 aromatic rings. The van der Waals surface area contributed by atoms with Crippen LogP contribution in [0.25, 0.3) is 0 Å². The average molecular weight is 428 g/mol. The highest BCUT2D eigenvalue weighted by Crippen LogP contribution is 2.18. The van der Waals surface area contributed by atoms with Crippen LogP contribution in [0.4, 0.5) is 5.69 Å². The largest absolute Gasteiger partial charge is 0.508 e. The molecule has 174 valence electrons. The highest BCUT2D eigenvalue weighted by molar-refractivity contribution is 5.78. The van der Waals surface area contributed by atoms with E-state index in [0.717, 1.165) is 34.9 Å². The van der Waals surface area contributed by atoms with Gasteiger partial charge in [0.05, 0.1) is 5.69 Å². The van der Waals surface area contributed by atoms with E-state index in [0.29, 0.717) is 11.3 Å². The van der Waals surface area contributed by atoms with Crippen molar-refractivity contribution in [2.45, 2.75) is 81.6 Å². The molecule has 0 radical (unpaired) electrons. The Labute approximate surface area is 191 Å². The van der Waals surface area contributed by atoms with Crippen molar-refractivity contribution in [3.8, 4) is 5.75 Å². The molecule has 1 N–H and O–H groups in total. The second-order valence-electron chi connectivity index (χ2n) is 7.91. The third-order valence-electron chi connectivity index (χ3n) is 4.29. The predicted octanol–water partition coefficient (Wildman–Crippen LogP) is 8.73. The van der Waals surface area contributed by atoms with Gasteiger partial charge in [-0.25, -0.2) is 0 Å². The summed E-state index contributed by atoms with van der Waals surface area (Å²) in [7, 11) is 0. The fourth-order valence-electron chi connectivity index (χ4n) is 3.02. The lowest BCUT2D eigenvalue weighted by Crippen LogP contribution is -1.98. The summed E-state index contributed by atoms with van der Waals surface area (Å²) in [4.78, 5) is 14.6. The number of phenols is 1. The molecule has 0 aromatic heterocycles. The monoisotopic (exact) mass is 427 g/mol. The number of aliphatic imine (C=N–C) groups is 1. The van der Waals surface area contributed by atoms with Gasteiger partial charge in [0.15, 0.2) is 0 Å². The van der Waals surface area contributed by atoms with Gasteiger partial charge in [-0.2, -0.15) is 0 Å². The minimum atomic E-state index is 0.338. The molecule has 3 heteroatoms. The smallest absolute Gasteiger partial charge is 0.150 e. The molecule has 0 aliphatic rings. The quantitative estimate of drug-likeness (QED) is 0.370. The van der Waals surface area contributed by atoms with Gasteiger partial charge in [0.1, 0.15) is 12.0 Å². The summed E-state index contributed by atoms with van der Waals surface area (Å²) in [5, 5.41) is 8.81. The van der Waals surface area contributed by atoms with Crippen LogP contribution in [-0.2, 0) is 0 Å². The van der Waals surface area contributed by atoms with Crippen LogP contribution in [-0.4, -0.2) is 17.6 Å². The standard InChI is InChI=1S/C10H11NO.C9H20.C7H8O.C2H6/c1-3-11-10-6-9(7-12)5-4-8(10)2;1-5-6-9(4)7-8(2)3;1-6-3-2-4-7(8)5-6;1-2/h3-7H,1-2H3;8-9H,5-7H2,1-4H3;2-5,8H,1H3;1-2H3. The summed E-state index contributed by atoms with van der Waals surface area (Å²) in [6.45, 7) is 19.0. The van der Waals surface area contributed by atoms with E-state index in [1.165, 1.54) is 19.3 Å². The number of rotatable bonds is 6. The van der Waals surface area contributed by atoms with Gasteiger partial charge < -0.3 is 5.11 Å². The molecule has 0 saturated heterocycles. The molecule has 2 rings (SSSR count). The number of phenolic OH excluding ortho intramolecular Hbond substituents is 1. The van der Waals surface area contributed by atoms with Crippen LogP contribution in [0.5, 0.6) is 5.75 Å². The van der Waals surface area contributed by atoms with Crippen LogP contribution >= 0.6 is 0 Å². The van der Waals surface area contributed by atoms with Crippen LogP contribution < -0.4 is 0 Å². The van der Waals surface area contributed by atoms with Crippen LogP contribution in [0.2, 0.25) is 0 Å². The summed E-state index contributed by atoms with van der Waals surface area (Å²) in [6, 6.07) is 12.6. The zero-order valence-corrected chi connectivity index (χ0v) is 21.3. The topological polar surface area (TPSA) is 49.7 Å². The van der Waals surface area contributed by atoms with Crippen molar-refractivity contribution in [2.75, 3.05) is 0 Å². The van der Waals surface area contributed by atoms with Gasteiger partial charge in [-0.1, -0.05) is 78.6 Å². The predicted molar refractivity (Wildman–Crippen MR) is 138 cm³/mol. The van der Waals surface area contributed by atoms with Crippen LogP contribution in [0.15, 0.2) is 47.5 Å². The van der Waals surface area contributed by atoms with Gasteiger partial charge in [-0.3, -0.25) is 9.79 Å². The van der Waals surface area contributed by atoms with E-state index < -0.39 is 0 Å². The average Bonchev–Trinajstić information content (AvgIpc) is 2.72. The second kappa shape index (κ2) is 19.5. The first kappa shape index (κ1) is 30.8. The molecule has 0 fully saturated rings. The lowest BCUT2D eigenvalue weighted by atomic mass is 9.95. The summed E-state index contributed by atoms with van der Waals surface area (Å²) < 4.78 is 0. The van der Waals surface area contributed by atoms with Crippen molar-refractivity contribution >= 4 is 18.2 Å². The third-order valence-corrected chi connectivity index (χ3v) is 4.29. The van der Waals surface area contributed by atoms with E-state index >= 15 is 0 Å². The number of aromatic hydroxyl groups is 1. The van der Waals surface area contributed by atoms with Gasteiger partial charge in [0, 0.05) is 11.8 Å². The molecule has 1 atom stereocenters. The second-order valence-corrected chi connectivity index (χ2v) is 7.91. The summed E-state index contributed by atoms with van der Waals surface area (Å²) in [5.74, 6) is 2.16. The molecule has 0 heterocycles. The number of nitrogens with zero attached hydrogens (tertiary/aromatic N) is 1. The maximum absolute atomic E-state index is 10.4. The number of hydrogen-bond acceptors (Lipinski definition) is 3. The number of carbonyl (C=O) groups excluding carboxylic acids is 1. The Bertz CT molecular complexity index is 718. The van der Waals surface area contributed by atoms with Crippen molar-refractivity contribution in [2.24, 2.45) is 16.8 Å². The summed E-state index contributed by atoms with van der Waals surface area (Å²) in [6.07, 6.45) is 6.69. The lowest BCUT2D eigenvalue weighted by molar-refractivity contribution is 0.112. The maximum atomic E-state index is 10.4. The molecule has 0 spiro atoms. The Morgan fingerprint density at radius 2 is 1.68 bits per heavy atom. The van der Waals surface area contributed by atoms with Crippen molar-refractivity contribution in [3.63, 3.8) is 0 Å². The highest BCUT2D eigenvalue weighted by atomic mass is 16.3. The van der Waals surface area contributed by atoms with E-state index in [1.807, 2.05) is 52.8 Å². The maximum Gasteiger partial charge on any atom is 0.150 e. The number of aldehydes is 1. The fourth-order valence-corrected chi connectivity index (χ4v) is 3.02. The SMILES string of the molecule is CC.CC=Nc1cc(C=O)ccc1C.CCCC(C)CC(C)C.Cc1cccc(O)c1. The fraction of sp³-hybridized carbons (Fsp3) is 0.500. The Morgan fingerprint density at radius 1 is 1.03 bits per heavy atom. The van der Waals surface area contributed by atoms with Crippen LogP contribution in [0.1, 0.15) is 89.2 Å². The summed E-state index contributed by atoms with van der Waals surface area (Å²) >= 11 is 0. The molecule has 0 aliphatic carbocycles. The normalized spacial score (nSPS) is 10.8. The molecule has 0 aliphatic heterocycles. The molecule has 2 aromatic carbocycles. The Balaban J connectivity index is 0.